The van der Waals surface area contributed by atoms with Crippen molar-refractivity contribution in [3.63, 3.8) is 0 Å². The van der Waals surface area contributed by atoms with Crippen LogP contribution in [0.4, 0.5) is 0 Å². The Hall–Kier alpha value is -0.801. The molecule has 1 radical (unpaired) electrons. The molecule has 1 aromatic rings. The number of hydrogen-bond acceptors (Lipinski definition) is 2. The third kappa shape index (κ3) is 1.82. The van der Waals surface area contributed by atoms with Crippen LogP contribution in [0.5, 0.6) is 0 Å². The molecule has 0 unspecified atom stereocenters. The van der Waals surface area contributed by atoms with Crippen molar-refractivity contribution in [2.75, 3.05) is 0 Å². The van der Waals surface area contributed by atoms with Crippen LogP contribution in [0.25, 0.3) is 0 Å². The number of aryl methyl sites for hydroxylation is 1. The topological polar surface area (TPSA) is 66.0 Å². The van der Waals surface area contributed by atoms with E-state index in [1.54, 1.807) is 13.8 Å². The first-order valence-corrected chi connectivity index (χ1v) is 2.87. The van der Waals surface area contributed by atoms with Crippen LogP contribution in [0.1, 0.15) is 21.7 Å². The van der Waals surface area contributed by atoms with Crippen LogP contribution in [0.3, 0.4) is 0 Å². The first-order valence-electron chi connectivity index (χ1n) is 2.87. The van der Waals surface area contributed by atoms with Crippen LogP contribution in [0.15, 0.2) is 0 Å². The summed E-state index contributed by atoms with van der Waals surface area (Å²) in [7, 11) is 0. The third-order valence-electron chi connectivity index (χ3n) is 1.46. The molecule has 0 saturated heterocycles. The first kappa shape index (κ1) is 10.2. The molecule has 0 fully saturated rings. The number of rotatable bonds is 1. The molecule has 0 atom stereocenters. The van der Waals surface area contributed by atoms with Crippen molar-refractivity contribution >= 4 is 5.97 Å². The van der Waals surface area contributed by atoms with Gasteiger partial charge in [-0.15, -0.1) is 0 Å². The van der Waals surface area contributed by atoms with Gasteiger partial charge in [0.15, 0.2) is 5.69 Å². The summed E-state index contributed by atoms with van der Waals surface area (Å²) >= 11 is 0. The Morgan fingerprint density at radius 2 is 2.09 bits per heavy atom. The van der Waals surface area contributed by atoms with E-state index < -0.39 is 5.97 Å². The van der Waals surface area contributed by atoms with Crippen molar-refractivity contribution in [2.24, 2.45) is 0 Å². The Labute approximate surface area is 74.5 Å². The molecule has 5 heteroatoms. The van der Waals surface area contributed by atoms with Gasteiger partial charge in [-0.25, -0.2) is 4.79 Å². The molecule has 0 aliphatic carbocycles. The second-order valence-electron chi connectivity index (χ2n) is 2.13. The predicted octanol–water partition coefficient (Wildman–Crippen LogP) is 0.722. The fraction of sp³-hybridized carbons (Fsp3) is 0.333. The fourth-order valence-corrected chi connectivity index (χ4v) is 0.693. The fourth-order valence-electron chi connectivity index (χ4n) is 0.693. The predicted molar refractivity (Wildman–Crippen MR) is 35.0 cm³/mol. The maximum absolute atomic E-state index is 10.4. The summed E-state index contributed by atoms with van der Waals surface area (Å²) in [5.41, 5.74) is 1.61. The zero-order chi connectivity index (χ0) is 7.72. The Kier molecular flexibility index (Phi) is 3.29. The van der Waals surface area contributed by atoms with Gasteiger partial charge in [-0.3, -0.25) is 5.10 Å². The molecule has 1 rings (SSSR count). The summed E-state index contributed by atoms with van der Waals surface area (Å²) in [5.74, 6) is -0.984. The van der Waals surface area contributed by atoms with Gasteiger partial charge in [-0.2, -0.15) is 5.10 Å². The number of carboxylic acid groups (broad SMARTS) is 1. The molecule has 0 aliphatic rings. The summed E-state index contributed by atoms with van der Waals surface area (Å²) in [6.07, 6.45) is 0. The molecule has 1 heterocycles. The maximum atomic E-state index is 10.4. The number of H-pyrrole nitrogens is 1. The van der Waals surface area contributed by atoms with Crippen LogP contribution in [0, 0.1) is 13.8 Å². The van der Waals surface area contributed by atoms with E-state index in [0.29, 0.717) is 5.56 Å². The van der Waals surface area contributed by atoms with Crippen molar-refractivity contribution < 1.29 is 27.0 Å². The second kappa shape index (κ2) is 3.55. The summed E-state index contributed by atoms with van der Waals surface area (Å²) in [6.45, 7) is 3.51. The van der Waals surface area contributed by atoms with Crippen molar-refractivity contribution in [3.8, 4) is 0 Å². The Morgan fingerprint density at radius 1 is 1.55 bits per heavy atom. The summed E-state index contributed by atoms with van der Waals surface area (Å²) in [5, 5.41) is 14.7. The van der Waals surface area contributed by atoms with Crippen molar-refractivity contribution in [2.45, 2.75) is 13.8 Å². The smallest absolute Gasteiger partial charge is 0.356 e. The van der Waals surface area contributed by atoms with E-state index in [2.05, 4.69) is 10.2 Å². The molecule has 0 bridgehead atoms. The van der Waals surface area contributed by atoms with E-state index in [4.69, 9.17) is 5.11 Å². The molecule has 2 N–H and O–H groups in total. The number of carbonyl (C=O) groups is 1. The molecule has 0 amide bonds. The summed E-state index contributed by atoms with van der Waals surface area (Å²) < 4.78 is 0. The van der Waals surface area contributed by atoms with Crippen molar-refractivity contribution in [1.82, 2.24) is 10.2 Å². The van der Waals surface area contributed by atoms with Gasteiger partial charge in [0.2, 0.25) is 0 Å². The van der Waals surface area contributed by atoms with E-state index in [-0.39, 0.29) is 22.8 Å². The monoisotopic (exact) mass is 203 g/mol. The molecule has 0 spiro atoms. The summed E-state index contributed by atoms with van der Waals surface area (Å²) in [6, 6.07) is 0. The molecular formula is C6H8CuN2O2. The normalized spacial score (nSPS) is 8.91. The molecule has 0 saturated carbocycles. The minimum absolute atomic E-state index is 0. The van der Waals surface area contributed by atoms with Gasteiger partial charge in [-0.05, 0) is 13.8 Å². The van der Waals surface area contributed by atoms with Gasteiger partial charge in [-0.1, -0.05) is 0 Å². The number of aromatic nitrogens is 2. The zero-order valence-corrected chi connectivity index (χ0v) is 7.05. The third-order valence-corrected chi connectivity index (χ3v) is 1.46. The van der Waals surface area contributed by atoms with Crippen molar-refractivity contribution in [1.29, 1.82) is 0 Å². The minimum atomic E-state index is -0.984. The molecule has 65 valence electrons. The van der Waals surface area contributed by atoms with E-state index in [0.717, 1.165) is 5.69 Å². The zero-order valence-electron chi connectivity index (χ0n) is 6.10. The van der Waals surface area contributed by atoms with Crippen molar-refractivity contribution in [3.05, 3.63) is 17.0 Å². The van der Waals surface area contributed by atoms with Gasteiger partial charge < -0.3 is 5.11 Å². The SMILES string of the molecule is Cc1[nH]nc(C(=O)O)c1C.[Cu]. The Balaban J connectivity index is 0.000001000. The largest absolute Gasteiger partial charge is 0.476 e. The Bertz CT molecular complexity index is 270. The molecular weight excluding hydrogens is 196 g/mol. The average molecular weight is 204 g/mol. The summed E-state index contributed by atoms with van der Waals surface area (Å²) in [4.78, 5) is 10.4. The van der Waals surface area contributed by atoms with E-state index in [9.17, 15) is 4.79 Å². The number of nitrogens with one attached hydrogen (secondary N) is 1. The number of carboxylic acids is 1. The van der Waals surface area contributed by atoms with Crippen LogP contribution in [0.2, 0.25) is 0 Å². The Morgan fingerprint density at radius 3 is 2.27 bits per heavy atom. The van der Waals surface area contributed by atoms with E-state index >= 15 is 0 Å². The van der Waals surface area contributed by atoms with Crippen LogP contribution in [-0.2, 0) is 17.1 Å². The molecule has 0 aromatic carbocycles. The molecule has 4 nitrogen and oxygen atoms in total. The van der Waals surface area contributed by atoms with Crippen LogP contribution >= 0.6 is 0 Å². The number of aromatic amines is 1. The van der Waals surface area contributed by atoms with Gasteiger partial charge in [0, 0.05) is 28.3 Å². The number of aromatic carboxylic acids is 1. The van der Waals surface area contributed by atoms with Gasteiger partial charge >= 0.3 is 5.97 Å². The van der Waals surface area contributed by atoms with Gasteiger partial charge in [0.05, 0.1) is 0 Å². The van der Waals surface area contributed by atoms with E-state index in [1.807, 2.05) is 0 Å². The maximum Gasteiger partial charge on any atom is 0.356 e. The number of hydrogen-bond donors (Lipinski definition) is 2. The second-order valence-corrected chi connectivity index (χ2v) is 2.13. The van der Waals surface area contributed by atoms with Crippen LogP contribution < -0.4 is 0 Å². The average Bonchev–Trinajstić information content (AvgIpc) is 2.14. The quantitative estimate of drug-likeness (QED) is 0.662. The molecule has 1 aromatic heterocycles. The van der Waals surface area contributed by atoms with Gasteiger partial charge in [0.1, 0.15) is 0 Å². The van der Waals surface area contributed by atoms with Gasteiger partial charge in [0.25, 0.3) is 0 Å². The first-order chi connectivity index (χ1) is 4.63. The van der Waals surface area contributed by atoms with E-state index in [1.165, 1.54) is 0 Å². The van der Waals surface area contributed by atoms with Crippen LogP contribution in [-0.4, -0.2) is 21.3 Å². The molecule has 0 aliphatic heterocycles. The standard InChI is InChI=1S/C6H8N2O2.Cu/c1-3-4(2)7-8-5(3)6(9)10;/h1-2H3,(H,7,8)(H,9,10);. The minimum Gasteiger partial charge on any atom is -0.476 e. The molecule has 11 heavy (non-hydrogen) atoms. The number of nitrogens with zero attached hydrogens (tertiary/aromatic N) is 1.